The fraction of sp³-hybridized carbons (Fsp3) is 0.545. The first-order valence-electron chi connectivity index (χ1n) is 5.66. The Morgan fingerprint density at radius 2 is 2.11 bits per heavy atom. The number of rotatable bonds is 4. The van der Waals surface area contributed by atoms with Crippen LogP contribution in [0.1, 0.15) is 34.5 Å². The lowest BCUT2D eigenvalue weighted by Gasteiger charge is -2.33. The zero-order valence-electron chi connectivity index (χ0n) is 10.2. The SMILES string of the molecule is Cc1cc(S(=O)(=O)N(C)C2CCC2)sc1C(=O)O. The Kier molecular flexibility index (Phi) is 3.48. The summed E-state index contributed by atoms with van der Waals surface area (Å²) in [6, 6.07) is 1.50. The van der Waals surface area contributed by atoms with Gasteiger partial charge in [0.05, 0.1) is 0 Å². The maximum absolute atomic E-state index is 12.3. The molecule has 1 N–H and O–H groups in total. The van der Waals surface area contributed by atoms with Gasteiger partial charge in [-0.15, -0.1) is 11.3 Å². The maximum Gasteiger partial charge on any atom is 0.346 e. The molecule has 1 aliphatic carbocycles. The quantitative estimate of drug-likeness (QED) is 0.919. The van der Waals surface area contributed by atoms with E-state index in [0.29, 0.717) is 5.56 Å². The van der Waals surface area contributed by atoms with E-state index in [1.54, 1.807) is 14.0 Å². The highest BCUT2D eigenvalue weighted by Crippen LogP contribution is 2.32. The summed E-state index contributed by atoms with van der Waals surface area (Å²) in [7, 11) is -1.98. The van der Waals surface area contributed by atoms with Gasteiger partial charge in [-0.3, -0.25) is 0 Å². The number of carbonyl (C=O) groups is 1. The highest BCUT2D eigenvalue weighted by atomic mass is 32.2. The summed E-state index contributed by atoms with van der Waals surface area (Å²) < 4.78 is 26.1. The molecule has 18 heavy (non-hydrogen) atoms. The van der Waals surface area contributed by atoms with E-state index in [-0.39, 0.29) is 15.1 Å². The van der Waals surface area contributed by atoms with E-state index in [1.807, 2.05) is 0 Å². The number of nitrogens with zero attached hydrogens (tertiary/aromatic N) is 1. The largest absolute Gasteiger partial charge is 0.477 e. The van der Waals surface area contributed by atoms with Crippen molar-refractivity contribution >= 4 is 27.3 Å². The molecule has 0 aliphatic heterocycles. The average Bonchev–Trinajstić information content (AvgIpc) is 2.58. The molecule has 1 aliphatic rings. The normalized spacial score (nSPS) is 16.8. The van der Waals surface area contributed by atoms with Crippen LogP contribution in [0.4, 0.5) is 0 Å². The van der Waals surface area contributed by atoms with E-state index in [4.69, 9.17) is 5.11 Å². The Hall–Kier alpha value is -0.920. The van der Waals surface area contributed by atoms with Crippen LogP contribution >= 0.6 is 11.3 Å². The minimum atomic E-state index is -3.55. The second kappa shape index (κ2) is 4.64. The lowest BCUT2D eigenvalue weighted by Crippen LogP contribution is -2.40. The van der Waals surface area contributed by atoms with Crippen molar-refractivity contribution in [3.8, 4) is 0 Å². The molecule has 0 unspecified atom stereocenters. The predicted octanol–water partition coefficient (Wildman–Crippen LogP) is 1.93. The second-order valence-electron chi connectivity index (χ2n) is 4.49. The summed E-state index contributed by atoms with van der Waals surface area (Å²) in [5.74, 6) is -1.08. The molecule has 1 saturated carbocycles. The van der Waals surface area contributed by atoms with Crippen molar-refractivity contribution in [3.05, 3.63) is 16.5 Å². The number of thiophene rings is 1. The third-order valence-electron chi connectivity index (χ3n) is 3.31. The molecule has 0 aromatic carbocycles. The van der Waals surface area contributed by atoms with E-state index in [0.717, 1.165) is 30.6 Å². The van der Waals surface area contributed by atoms with Crippen molar-refractivity contribution < 1.29 is 18.3 Å². The number of hydrogen-bond acceptors (Lipinski definition) is 4. The van der Waals surface area contributed by atoms with E-state index >= 15 is 0 Å². The van der Waals surface area contributed by atoms with Crippen molar-refractivity contribution in [2.24, 2.45) is 0 Å². The lowest BCUT2D eigenvalue weighted by atomic mass is 9.94. The van der Waals surface area contributed by atoms with E-state index in [9.17, 15) is 13.2 Å². The Bertz CT molecular complexity index is 572. The molecule has 1 aromatic heterocycles. The number of carboxylic acid groups (broad SMARTS) is 1. The van der Waals surface area contributed by atoms with Crippen LogP contribution in [0.3, 0.4) is 0 Å². The van der Waals surface area contributed by atoms with Gasteiger partial charge in [0.15, 0.2) is 0 Å². The molecule has 0 amide bonds. The molecule has 100 valence electrons. The second-order valence-corrected chi connectivity index (χ2v) is 7.77. The van der Waals surface area contributed by atoms with Crippen LogP contribution in [0.2, 0.25) is 0 Å². The summed E-state index contributed by atoms with van der Waals surface area (Å²) >= 11 is 0.826. The highest BCUT2D eigenvalue weighted by Gasteiger charge is 2.33. The minimum absolute atomic E-state index is 0.0608. The number of aromatic carboxylic acids is 1. The van der Waals surface area contributed by atoms with Gasteiger partial charge in [0.1, 0.15) is 9.09 Å². The molecular formula is C11H15NO4S2. The first-order chi connectivity index (χ1) is 8.34. The van der Waals surface area contributed by atoms with Crippen LogP contribution in [-0.2, 0) is 10.0 Å². The zero-order chi connectivity index (χ0) is 13.5. The van der Waals surface area contributed by atoms with E-state index < -0.39 is 16.0 Å². The molecule has 0 bridgehead atoms. The van der Waals surface area contributed by atoms with E-state index in [2.05, 4.69) is 0 Å². The molecule has 1 aromatic rings. The molecule has 0 radical (unpaired) electrons. The minimum Gasteiger partial charge on any atom is -0.477 e. The van der Waals surface area contributed by atoms with Gasteiger partial charge in [0.25, 0.3) is 10.0 Å². The molecule has 0 spiro atoms. The Morgan fingerprint density at radius 1 is 1.50 bits per heavy atom. The van der Waals surface area contributed by atoms with Gasteiger partial charge in [0, 0.05) is 13.1 Å². The highest BCUT2D eigenvalue weighted by molar-refractivity contribution is 7.91. The van der Waals surface area contributed by atoms with Crippen molar-refractivity contribution in [2.75, 3.05) is 7.05 Å². The summed E-state index contributed by atoms with van der Waals surface area (Å²) in [5.41, 5.74) is 0.494. The molecule has 2 rings (SSSR count). The monoisotopic (exact) mass is 289 g/mol. The fourth-order valence-corrected chi connectivity index (χ4v) is 4.86. The molecule has 0 saturated heterocycles. The smallest absolute Gasteiger partial charge is 0.346 e. The fourth-order valence-electron chi connectivity index (χ4n) is 1.88. The van der Waals surface area contributed by atoms with Crippen LogP contribution in [0, 0.1) is 6.92 Å². The van der Waals surface area contributed by atoms with Crippen LogP contribution in [-0.4, -0.2) is 36.9 Å². The number of aryl methyl sites for hydroxylation is 1. The molecule has 7 heteroatoms. The van der Waals surface area contributed by atoms with Crippen LogP contribution in [0.25, 0.3) is 0 Å². The number of carboxylic acids is 1. The van der Waals surface area contributed by atoms with Gasteiger partial charge >= 0.3 is 5.97 Å². The number of hydrogen-bond donors (Lipinski definition) is 1. The molecule has 1 fully saturated rings. The maximum atomic E-state index is 12.3. The van der Waals surface area contributed by atoms with E-state index in [1.165, 1.54) is 10.4 Å². The van der Waals surface area contributed by atoms with Crippen LogP contribution < -0.4 is 0 Å². The van der Waals surface area contributed by atoms with Crippen molar-refractivity contribution in [3.63, 3.8) is 0 Å². The molecular weight excluding hydrogens is 274 g/mol. The first-order valence-corrected chi connectivity index (χ1v) is 7.91. The van der Waals surface area contributed by atoms with Gasteiger partial charge in [0.2, 0.25) is 0 Å². The molecule has 5 nitrogen and oxygen atoms in total. The van der Waals surface area contributed by atoms with Crippen LogP contribution in [0.5, 0.6) is 0 Å². The average molecular weight is 289 g/mol. The zero-order valence-corrected chi connectivity index (χ0v) is 11.8. The molecule has 0 atom stereocenters. The Morgan fingerprint density at radius 3 is 2.50 bits per heavy atom. The molecule has 1 heterocycles. The van der Waals surface area contributed by atoms with Crippen molar-refractivity contribution in [1.82, 2.24) is 4.31 Å². The predicted molar refractivity (Wildman–Crippen MR) is 68.6 cm³/mol. The summed E-state index contributed by atoms with van der Waals surface area (Å²) in [4.78, 5) is 11.0. The van der Waals surface area contributed by atoms with Gasteiger partial charge < -0.3 is 5.11 Å². The first kappa shape index (κ1) is 13.5. The summed E-state index contributed by atoms with van der Waals surface area (Å²) in [5, 5.41) is 8.95. The van der Waals surface area contributed by atoms with Crippen LogP contribution in [0.15, 0.2) is 10.3 Å². The number of sulfonamides is 1. The Labute approximate surface area is 110 Å². The standard InChI is InChI=1S/C11H15NO4S2/c1-7-6-9(17-10(7)11(13)14)18(15,16)12(2)8-4-3-5-8/h6,8H,3-5H2,1-2H3,(H,13,14). The Balaban J connectivity index is 2.35. The third kappa shape index (κ3) is 2.17. The van der Waals surface area contributed by atoms with Gasteiger partial charge in [-0.05, 0) is 31.4 Å². The third-order valence-corrected chi connectivity index (χ3v) is 6.90. The topological polar surface area (TPSA) is 74.7 Å². The van der Waals surface area contributed by atoms with Gasteiger partial charge in [-0.1, -0.05) is 6.42 Å². The lowest BCUT2D eigenvalue weighted by molar-refractivity contribution is 0.0701. The summed E-state index contributed by atoms with van der Waals surface area (Å²) in [6.07, 6.45) is 2.81. The van der Waals surface area contributed by atoms with Crippen molar-refractivity contribution in [2.45, 2.75) is 36.4 Å². The van der Waals surface area contributed by atoms with Gasteiger partial charge in [-0.2, -0.15) is 4.31 Å². The van der Waals surface area contributed by atoms with Crippen molar-refractivity contribution in [1.29, 1.82) is 0 Å². The van der Waals surface area contributed by atoms with Gasteiger partial charge in [-0.25, -0.2) is 13.2 Å². The summed E-state index contributed by atoms with van der Waals surface area (Å²) in [6.45, 7) is 1.61.